The van der Waals surface area contributed by atoms with Gasteiger partial charge in [0.25, 0.3) is 5.56 Å². The zero-order chi connectivity index (χ0) is 20.3. The second kappa shape index (κ2) is 8.80. The van der Waals surface area contributed by atoms with Crippen molar-refractivity contribution in [2.45, 2.75) is 43.8 Å². The van der Waals surface area contributed by atoms with Gasteiger partial charge < -0.3 is 5.32 Å². The normalized spacial score (nSPS) is 12.3. The fraction of sp³-hybridized carbons (Fsp3) is 0.286. The van der Waals surface area contributed by atoms with E-state index in [9.17, 15) is 9.59 Å². The van der Waals surface area contributed by atoms with Crippen molar-refractivity contribution < 1.29 is 4.79 Å². The van der Waals surface area contributed by atoms with Crippen molar-refractivity contribution in [3.63, 3.8) is 0 Å². The Morgan fingerprint density at radius 3 is 2.57 bits per heavy atom. The Morgan fingerprint density at radius 1 is 1.18 bits per heavy atom. The molecule has 0 saturated carbocycles. The van der Waals surface area contributed by atoms with Crippen LogP contribution in [-0.4, -0.2) is 20.7 Å². The predicted octanol–water partition coefficient (Wildman–Crippen LogP) is 4.43. The summed E-state index contributed by atoms with van der Waals surface area (Å²) in [5.74, 6) is -0.107. The van der Waals surface area contributed by atoms with E-state index in [1.165, 1.54) is 11.8 Å². The average molecular weight is 416 g/mol. The number of halogens is 1. The number of amides is 1. The lowest BCUT2D eigenvalue weighted by Crippen LogP contribution is -2.32. The van der Waals surface area contributed by atoms with Gasteiger partial charge in [-0.1, -0.05) is 53.7 Å². The van der Waals surface area contributed by atoms with Crippen molar-refractivity contribution in [3.8, 4) is 0 Å². The van der Waals surface area contributed by atoms with E-state index in [4.69, 9.17) is 11.6 Å². The summed E-state index contributed by atoms with van der Waals surface area (Å²) in [5, 5.41) is 4.08. The summed E-state index contributed by atoms with van der Waals surface area (Å²) in [5.41, 5.74) is 1.44. The van der Waals surface area contributed by atoms with Crippen molar-refractivity contribution in [2.75, 3.05) is 0 Å². The maximum atomic E-state index is 12.9. The number of thioether (sulfide) groups is 1. The molecule has 0 bridgehead atoms. The number of aromatic nitrogens is 2. The van der Waals surface area contributed by atoms with E-state index in [-0.39, 0.29) is 17.5 Å². The number of nitrogens with one attached hydrogen (secondary N) is 1. The highest BCUT2D eigenvalue weighted by molar-refractivity contribution is 8.00. The van der Waals surface area contributed by atoms with Crippen molar-refractivity contribution in [1.29, 1.82) is 0 Å². The maximum Gasteiger partial charge on any atom is 0.262 e. The van der Waals surface area contributed by atoms with Gasteiger partial charge in [-0.3, -0.25) is 14.2 Å². The minimum Gasteiger partial charge on any atom is -0.351 e. The zero-order valence-electron chi connectivity index (χ0n) is 16.0. The van der Waals surface area contributed by atoms with Gasteiger partial charge in [0.2, 0.25) is 5.91 Å². The lowest BCUT2D eigenvalue weighted by Gasteiger charge is -2.18. The molecule has 3 aromatic rings. The molecule has 0 aliphatic rings. The Hall–Kier alpha value is -2.31. The second-order valence-electron chi connectivity index (χ2n) is 6.79. The van der Waals surface area contributed by atoms with E-state index in [1.807, 2.05) is 51.1 Å². The number of nitrogens with zero attached hydrogens (tertiary/aromatic N) is 2. The Bertz CT molecular complexity index is 1050. The molecule has 3 rings (SSSR count). The smallest absolute Gasteiger partial charge is 0.262 e. The fourth-order valence-electron chi connectivity index (χ4n) is 2.83. The molecule has 0 spiro atoms. The van der Waals surface area contributed by atoms with Gasteiger partial charge in [0.05, 0.1) is 16.2 Å². The minimum atomic E-state index is -0.405. The third-order valence-corrected chi connectivity index (χ3v) is 5.61. The number of fused-ring (bicyclic) bond motifs is 1. The molecule has 1 aromatic heterocycles. The largest absolute Gasteiger partial charge is 0.351 e. The summed E-state index contributed by atoms with van der Waals surface area (Å²) in [6.45, 7) is 6.12. The number of hydrogen-bond donors (Lipinski definition) is 1. The number of rotatable bonds is 6. The molecule has 1 N–H and O–H groups in total. The molecule has 1 amide bonds. The Labute approximate surface area is 173 Å². The third-order valence-electron chi connectivity index (χ3n) is 4.31. The fourth-order valence-corrected chi connectivity index (χ4v) is 4.06. The molecule has 0 aliphatic heterocycles. The molecule has 0 aliphatic carbocycles. The molecule has 0 radical (unpaired) electrons. The summed E-state index contributed by atoms with van der Waals surface area (Å²) in [4.78, 5) is 30.1. The molecular formula is C21H22ClN3O2S. The van der Waals surface area contributed by atoms with Gasteiger partial charge in [-0.15, -0.1) is 0 Å². The van der Waals surface area contributed by atoms with Gasteiger partial charge in [0.15, 0.2) is 5.16 Å². The van der Waals surface area contributed by atoms with Crippen LogP contribution >= 0.6 is 23.4 Å². The molecule has 0 saturated heterocycles. The zero-order valence-corrected chi connectivity index (χ0v) is 17.6. The van der Waals surface area contributed by atoms with E-state index in [0.717, 1.165) is 5.56 Å². The summed E-state index contributed by atoms with van der Waals surface area (Å²) in [7, 11) is 0. The number of carbonyl (C=O) groups is 1. The molecule has 2 aromatic carbocycles. The minimum absolute atomic E-state index is 0.0813. The van der Waals surface area contributed by atoms with Crippen LogP contribution in [-0.2, 0) is 11.3 Å². The first-order chi connectivity index (χ1) is 13.4. The third kappa shape index (κ3) is 4.56. The summed E-state index contributed by atoms with van der Waals surface area (Å²) >= 11 is 7.33. The van der Waals surface area contributed by atoms with Crippen LogP contribution in [0.1, 0.15) is 32.4 Å². The molecule has 146 valence electrons. The van der Waals surface area contributed by atoms with Gasteiger partial charge in [-0.25, -0.2) is 4.98 Å². The van der Waals surface area contributed by atoms with Crippen LogP contribution in [0.25, 0.3) is 10.9 Å². The summed E-state index contributed by atoms with van der Waals surface area (Å²) in [6, 6.07) is 14.7. The molecule has 0 fully saturated rings. The number of carbonyl (C=O) groups excluding carboxylic acids is 1. The van der Waals surface area contributed by atoms with E-state index >= 15 is 0 Å². The van der Waals surface area contributed by atoms with Gasteiger partial charge >= 0.3 is 0 Å². The Morgan fingerprint density at radius 2 is 1.89 bits per heavy atom. The highest BCUT2D eigenvalue weighted by Gasteiger charge is 2.20. The molecule has 28 heavy (non-hydrogen) atoms. The standard InChI is InChI=1S/C21H22ClN3O2S/c1-13(2)25-20(27)17-10-9-16(22)11-18(17)24-21(25)28-14(3)19(26)23-12-15-7-5-4-6-8-15/h4-11,13-14H,12H2,1-3H3,(H,23,26)/t14-/m1/s1. The molecule has 5 nitrogen and oxygen atoms in total. The molecule has 1 heterocycles. The van der Waals surface area contributed by atoms with Crippen LogP contribution in [0.3, 0.4) is 0 Å². The van der Waals surface area contributed by atoms with Crippen LogP contribution < -0.4 is 10.9 Å². The van der Waals surface area contributed by atoms with Gasteiger partial charge in [0.1, 0.15) is 0 Å². The van der Waals surface area contributed by atoms with E-state index in [2.05, 4.69) is 10.3 Å². The summed E-state index contributed by atoms with van der Waals surface area (Å²) in [6.07, 6.45) is 0. The molecule has 7 heteroatoms. The highest BCUT2D eigenvalue weighted by atomic mass is 35.5. The summed E-state index contributed by atoms with van der Waals surface area (Å²) < 4.78 is 1.63. The van der Waals surface area contributed by atoms with Gasteiger partial charge in [-0.2, -0.15) is 0 Å². The van der Waals surface area contributed by atoms with Crippen LogP contribution in [0.4, 0.5) is 0 Å². The van der Waals surface area contributed by atoms with E-state index in [1.54, 1.807) is 22.8 Å². The lowest BCUT2D eigenvalue weighted by molar-refractivity contribution is -0.120. The molecular weight excluding hydrogens is 394 g/mol. The predicted molar refractivity (Wildman–Crippen MR) is 115 cm³/mol. The van der Waals surface area contributed by atoms with Gasteiger partial charge in [0, 0.05) is 17.6 Å². The lowest BCUT2D eigenvalue weighted by atomic mass is 10.2. The number of benzene rings is 2. The van der Waals surface area contributed by atoms with Gasteiger partial charge in [-0.05, 0) is 44.5 Å². The highest BCUT2D eigenvalue weighted by Crippen LogP contribution is 2.26. The first kappa shape index (κ1) is 20.4. The van der Waals surface area contributed by atoms with Crippen LogP contribution in [0.15, 0.2) is 58.5 Å². The van der Waals surface area contributed by atoms with Crippen LogP contribution in [0.5, 0.6) is 0 Å². The quantitative estimate of drug-likeness (QED) is 0.478. The van der Waals surface area contributed by atoms with Crippen molar-refractivity contribution in [3.05, 3.63) is 69.5 Å². The van der Waals surface area contributed by atoms with Crippen LogP contribution in [0.2, 0.25) is 5.02 Å². The number of hydrogen-bond acceptors (Lipinski definition) is 4. The second-order valence-corrected chi connectivity index (χ2v) is 8.53. The van der Waals surface area contributed by atoms with Crippen molar-refractivity contribution in [1.82, 2.24) is 14.9 Å². The van der Waals surface area contributed by atoms with E-state index in [0.29, 0.717) is 27.6 Å². The molecule has 0 unspecified atom stereocenters. The average Bonchev–Trinajstić information content (AvgIpc) is 2.66. The SMILES string of the molecule is CC(C)n1c(S[C@H](C)C(=O)NCc2ccccc2)nc2cc(Cl)ccc2c1=O. The Kier molecular flexibility index (Phi) is 6.42. The van der Waals surface area contributed by atoms with E-state index < -0.39 is 5.25 Å². The topological polar surface area (TPSA) is 64.0 Å². The first-order valence-corrected chi connectivity index (χ1v) is 10.3. The molecule has 1 atom stereocenters. The first-order valence-electron chi connectivity index (χ1n) is 9.07. The maximum absolute atomic E-state index is 12.9. The van der Waals surface area contributed by atoms with Crippen LogP contribution in [0, 0.1) is 0 Å². The monoisotopic (exact) mass is 415 g/mol. The van der Waals surface area contributed by atoms with Crippen molar-refractivity contribution in [2.24, 2.45) is 0 Å². The van der Waals surface area contributed by atoms with Crippen molar-refractivity contribution >= 4 is 40.2 Å². The Balaban J connectivity index is 1.84.